The highest BCUT2D eigenvalue weighted by Gasteiger charge is 2.16. The van der Waals surface area contributed by atoms with Crippen LogP contribution >= 0.6 is 23.2 Å². The summed E-state index contributed by atoms with van der Waals surface area (Å²) in [5, 5.41) is 4.32. The number of hydrogen-bond acceptors (Lipinski definition) is 3. The lowest BCUT2D eigenvalue weighted by atomic mass is 10.2. The second-order valence-electron chi connectivity index (χ2n) is 4.57. The molecule has 0 bridgehead atoms. The van der Waals surface area contributed by atoms with Crippen molar-refractivity contribution in [1.82, 2.24) is 0 Å². The van der Waals surface area contributed by atoms with Crippen LogP contribution in [0.5, 0.6) is 5.75 Å². The zero-order chi connectivity index (χ0) is 15.7. The van der Waals surface area contributed by atoms with E-state index in [-0.39, 0.29) is 5.76 Å². The molecular formula is C16H11Cl2NO3. The second-order valence-corrected chi connectivity index (χ2v) is 5.41. The second kappa shape index (κ2) is 5.91. The third-order valence-electron chi connectivity index (χ3n) is 3.13. The van der Waals surface area contributed by atoms with Gasteiger partial charge in [0, 0.05) is 10.4 Å². The minimum Gasteiger partial charge on any atom is -0.493 e. The standard InChI is InChI=1S/C16H11Cl2NO3/c1-21-13-4-2-3-9-7-14(22-15(9)13)16(20)19-12-6-5-10(17)8-11(12)18/h2-8H,1H3,(H,19,20). The summed E-state index contributed by atoms with van der Waals surface area (Å²) in [6, 6.07) is 11.9. The Bertz CT molecular complexity index is 858. The van der Waals surface area contributed by atoms with Gasteiger partial charge in [0.25, 0.3) is 5.91 Å². The summed E-state index contributed by atoms with van der Waals surface area (Å²) in [6.07, 6.45) is 0. The predicted octanol–water partition coefficient (Wildman–Crippen LogP) is 5.00. The Labute approximate surface area is 136 Å². The quantitative estimate of drug-likeness (QED) is 0.732. The van der Waals surface area contributed by atoms with E-state index in [4.69, 9.17) is 32.4 Å². The Morgan fingerprint density at radius 3 is 2.73 bits per heavy atom. The Hall–Kier alpha value is -2.17. The van der Waals surface area contributed by atoms with E-state index in [1.807, 2.05) is 12.1 Å². The van der Waals surface area contributed by atoms with Crippen LogP contribution in [0, 0.1) is 0 Å². The molecule has 1 aromatic heterocycles. The molecular weight excluding hydrogens is 325 g/mol. The number of anilines is 1. The van der Waals surface area contributed by atoms with Crippen molar-refractivity contribution in [3.05, 3.63) is 58.3 Å². The molecule has 3 rings (SSSR count). The predicted molar refractivity (Wildman–Crippen MR) is 87.2 cm³/mol. The van der Waals surface area contributed by atoms with Gasteiger partial charge in [-0.15, -0.1) is 0 Å². The molecule has 2 aromatic carbocycles. The van der Waals surface area contributed by atoms with Crippen molar-refractivity contribution < 1.29 is 13.9 Å². The average Bonchev–Trinajstić information content (AvgIpc) is 2.94. The maximum atomic E-state index is 12.3. The first-order valence-corrected chi connectivity index (χ1v) is 7.17. The van der Waals surface area contributed by atoms with Crippen LogP contribution in [0.1, 0.15) is 10.6 Å². The molecule has 0 spiro atoms. The molecule has 0 saturated carbocycles. The van der Waals surface area contributed by atoms with E-state index in [0.29, 0.717) is 27.1 Å². The molecule has 1 heterocycles. The number of para-hydroxylation sites is 1. The van der Waals surface area contributed by atoms with E-state index < -0.39 is 5.91 Å². The summed E-state index contributed by atoms with van der Waals surface area (Å²) < 4.78 is 10.8. The summed E-state index contributed by atoms with van der Waals surface area (Å²) in [5.74, 6) is 0.342. The summed E-state index contributed by atoms with van der Waals surface area (Å²) in [5.41, 5.74) is 0.987. The van der Waals surface area contributed by atoms with Crippen LogP contribution < -0.4 is 10.1 Å². The van der Waals surface area contributed by atoms with Gasteiger partial charge >= 0.3 is 0 Å². The number of fused-ring (bicyclic) bond motifs is 1. The number of furan rings is 1. The van der Waals surface area contributed by atoms with Crippen LogP contribution in [0.15, 0.2) is 46.9 Å². The maximum absolute atomic E-state index is 12.3. The monoisotopic (exact) mass is 335 g/mol. The van der Waals surface area contributed by atoms with Gasteiger partial charge < -0.3 is 14.5 Å². The first-order valence-electron chi connectivity index (χ1n) is 6.41. The van der Waals surface area contributed by atoms with Crippen LogP contribution in [0.4, 0.5) is 5.69 Å². The number of hydrogen-bond donors (Lipinski definition) is 1. The molecule has 0 fully saturated rings. The van der Waals surface area contributed by atoms with Gasteiger partial charge in [0.1, 0.15) is 0 Å². The Morgan fingerprint density at radius 1 is 1.18 bits per heavy atom. The molecule has 6 heteroatoms. The van der Waals surface area contributed by atoms with E-state index in [1.165, 1.54) is 0 Å². The van der Waals surface area contributed by atoms with Crippen molar-refractivity contribution in [2.24, 2.45) is 0 Å². The molecule has 1 amide bonds. The first kappa shape index (κ1) is 14.8. The van der Waals surface area contributed by atoms with Crippen LogP contribution in [0.25, 0.3) is 11.0 Å². The molecule has 0 saturated heterocycles. The number of carbonyl (C=O) groups is 1. The average molecular weight is 336 g/mol. The van der Waals surface area contributed by atoms with Crippen LogP contribution in [-0.4, -0.2) is 13.0 Å². The Morgan fingerprint density at radius 2 is 2.00 bits per heavy atom. The molecule has 0 aliphatic carbocycles. The number of methoxy groups -OCH3 is 1. The third-order valence-corrected chi connectivity index (χ3v) is 3.68. The SMILES string of the molecule is COc1cccc2cc(C(=O)Nc3ccc(Cl)cc3Cl)oc12. The van der Waals surface area contributed by atoms with Crippen LogP contribution in [-0.2, 0) is 0 Å². The summed E-state index contributed by atoms with van der Waals surface area (Å²) in [4.78, 5) is 12.3. The normalized spacial score (nSPS) is 10.7. The molecule has 0 atom stereocenters. The highest BCUT2D eigenvalue weighted by molar-refractivity contribution is 6.36. The smallest absolute Gasteiger partial charge is 0.291 e. The molecule has 4 nitrogen and oxygen atoms in total. The van der Waals surface area contributed by atoms with Gasteiger partial charge in [-0.3, -0.25) is 4.79 Å². The Kier molecular flexibility index (Phi) is 3.96. The van der Waals surface area contributed by atoms with E-state index in [9.17, 15) is 4.79 Å². The number of nitrogens with one attached hydrogen (secondary N) is 1. The number of ether oxygens (including phenoxy) is 1. The number of carbonyl (C=O) groups excluding carboxylic acids is 1. The third kappa shape index (κ3) is 2.75. The zero-order valence-electron chi connectivity index (χ0n) is 11.5. The van der Waals surface area contributed by atoms with Crippen molar-refractivity contribution in [2.45, 2.75) is 0 Å². The van der Waals surface area contributed by atoms with Crippen molar-refractivity contribution in [1.29, 1.82) is 0 Å². The lowest BCUT2D eigenvalue weighted by Gasteiger charge is -2.05. The van der Waals surface area contributed by atoms with Gasteiger partial charge in [-0.1, -0.05) is 35.3 Å². The maximum Gasteiger partial charge on any atom is 0.291 e. The fourth-order valence-corrected chi connectivity index (χ4v) is 2.54. The van der Waals surface area contributed by atoms with Gasteiger partial charge in [-0.05, 0) is 30.3 Å². The van der Waals surface area contributed by atoms with Gasteiger partial charge in [-0.25, -0.2) is 0 Å². The molecule has 3 aromatic rings. The van der Waals surface area contributed by atoms with E-state index in [1.54, 1.807) is 37.4 Å². The summed E-state index contributed by atoms with van der Waals surface area (Å²) in [7, 11) is 1.55. The van der Waals surface area contributed by atoms with E-state index in [0.717, 1.165) is 5.39 Å². The fraction of sp³-hybridized carbons (Fsp3) is 0.0625. The van der Waals surface area contributed by atoms with Gasteiger partial charge in [0.05, 0.1) is 17.8 Å². The van der Waals surface area contributed by atoms with Gasteiger partial charge in [0.2, 0.25) is 0 Å². The highest BCUT2D eigenvalue weighted by Crippen LogP contribution is 2.30. The molecule has 0 aliphatic heterocycles. The molecule has 0 radical (unpaired) electrons. The number of rotatable bonds is 3. The number of amides is 1. The minimum absolute atomic E-state index is 0.172. The minimum atomic E-state index is -0.400. The molecule has 112 valence electrons. The van der Waals surface area contributed by atoms with Crippen molar-refractivity contribution >= 4 is 45.8 Å². The summed E-state index contributed by atoms with van der Waals surface area (Å²) >= 11 is 11.9. The topological polar surface area (TPSA) is 51.5 Å². The lowest BCUT2D eigenvalue weighted by Crippen LogP contribution is -2.11. The number of benzene rings is 2. The molecule has 1 N–H and O–H groups in total. The fourth-order valence-electron chi connectivity index (χ4n) is 2.08. The van der Waals surface area contributed by atoms with Crippen molar-refractivity contribution in [3.63, 3.8) is 0 Å². The van der Waals surface area contributed by atoms with Crippen molar-refractivity contribution in [2.75, 3.05) is 12.4 Å². The van der Waals surface area contributed by atoms with Crippen molar-refractivity contribution in [3.8, 4) is 5.75 Å². The Balaban J connectivity index is 1.92. The van der Waals surface area contributed by atoms with Gasteiger partial charge in [-0.2, -0.15) is 0 Å². The summed E-state index contributed by atoms with van der Waals surface area (Å²) in [6.45, 7) is 0. The number of halogens is 2. The lowest BCUT2D eigenvalue weighted by molar-refractivity contribution is 0.0998. The van der Waals surface area contributed by atoms with E-state index >= 15 is 0 Å². The zero-order valence-corrected chi connectivity index (χ0v) is 13.0. The van der Waals surface area contributed by atoms with Crippen LogP contribution in [0.3, 0.4) is 0 Å². The first-order chi connectivity index (χ1) is 10.6. The molecule has 0 aliphatic rings. The van der Waals surface area contributed by atoms with Gasteiger partial charge in [0.15, 0.2) is 17.1 Å². The highest BCUT2D eigenvalue weighted by atomic mass is 35.5. The molecule has 0 unspecified atom stereocenters. The van der Waals surface area contributed by atoms with E-state index in [2.05, 4.69) is 5.32 Å². The molecule has 22 heavy (non-hydrogen) atoms. The largest absolute Gasteiger partial charge is 0.493 e. The van der Waals surface area contributed by atoms with Crippen LogP contribution in [0.2, 0.25) is 10.0 Å².